The second-order valence-electron chi connectivity index (χ2n) is 7.56. The summed E-state index contributed by atoms with van der Waals surface area (Å²) >= 11 is 0. The van der Waals surface area contributed by atoms with Crippen molar-refractivity contribution in [2.45, 2.75) is 12.8 Å². The number of halogens is 3. The summed E-state index contributed by atoms with van der Waals surface area (Å²) in [6.07, 6.45) is -3.15. The van der Waals surface area contributed by atoms with Gasteiger partial charge in [0.15, 0.2) is 12.0 Å². The molecule has 0 amide bonds. The number of aromatic nitrogens is 2. The fraction of sp³-hybridized carbons (Fsp3) is 0.0800. The highest BCUT2D eigenvalue weighted by Gasteiger charge is 2.30. The molecule has 0 saturated heterocycles. The van der Waals surface area contributed by atoms with Gasteiger partial charge in [0.2, 0.25) is 5.82 Å². The first-order chi connectivity index (χ1) is 16.8. The first-order valence-electron chi connectivity index (χ1n) is 10.3. The van der Waals surface area contributed by atoms with Crippen LogP contribution in [-0.4, -0.2) is 15.2 Å². The van der Waals surface area contributed by atoms with Crippen LogP contribution in [0.15, 0.2) is 86.7 Å². The first-order valence-corrected chi connectivity index (χ1v) is 10.3. The Hall–Kier alpha value is -4.60. The standard InChI is InChI=1S/C25H15F3N2O5/c26-25(27,28)16-3-1-2-15(10-16)24-29-22(35-30-24)13-33-18-8-9-19-21(11-18)34-12-20(23(19)32)14-4-6-17(31)7-5-14/h1-12,31H,13H2. The van der Waals surface area contributed by atoms with E-state index in [1.807, 2.05) is 0 Å². The van der Waals surface area contributed by atoms with Gasteiger partial charge in [-0.25, -0.2) is 0 Å². The Kier molecular flexibility index (Phi) is 5.48. The van der Waals surface area contributed by atoms with Gasteiger partial charge >= 0.3 is 6.18 Å². The van der Waals surface area contributed by atoms with Gasteiger partial charge in [0, 0.05) is 11.6 Å². The fourth-order valence-corrected chi connectivity index (χ4v) is 3.45. The van der Waals surface area contributed by atoms with Crippen molar-refractivity contribution in [1.29, 1.82) is 0 Å². The molecule has 7 nitrogen and oxygen atoms in total. The summed E-state index contributed by atoms with van der Waals surface area (Å²) in [6, 6.07) is 15.5. The quantitative estimate of drug-likeness (QED) is 0.339. The van der Waals surface area contributed by atoms with Gasteiger partial charge in [0.05, 0.1) is 16.5 Å². The topological polar surface area (TPSA) is 98.6 Å². The Balaban J connectivity index is 1.33. The lowest BCUT2D eigenvalue weighted by molar-refractivity contribution is -0.137. The average molecular weight is 480 g/mol. The van der Waals surface area contributed by atoms with Gasteiger partial charge in [0.25, 0.3) is 5.89 Å². The highest BCUT2D eigenvalue weighted by Crippen LogP contribution is 2.31. The van der Waals surface area contributed by atoms with Gasteiger partial charge in [-0.1, -0.05) is 29.4 Å². The normalized spacial score (nSPS) is 11.6. The zero-order valence-electron chi connectivity index (χ0n) is 17.7. The van der Waals surface area contributed by atoms with Crippen LogP contribution in [0.25, 0.3) is 33.5 Å². The first kappa shape index (κ1) is 22.2. The van der Waals surface area contributed by atoms with E-state index in [9.17, 15) is 23.1 Å². The molecule has 0 spiro atoms. The molecule has 0 radical (unpaired) electrons. The molecule has 0 aliphatic rings. The molecule has 0 unspecified atom stereocenters. The van der Waals surface area contributed by atoms with E-state index in [1.54, 1.807) is 24.3 Å². The highest BCUT2D eigenvalue weighted by atomic mass is 19.4. The van der Waals surface area contributed by atoms with Crippen LogP contribution in [0.2, 0.25) is 0 Å². The maximum Gasteiger partial charge on any atom is 0.416 e. The third kappa shape index (κ3) is 4.58. The minimum Gasteiger partial charge on any atom is -0.508 e. The van der Waals surface area contributed by atoms with Gasteiger partial charge < -0.3 is 18.8 Å². The maximum absolute atomic E-state index is 12.9. The van der Waals surface area contributed by atoms with Gasteiger partial charge in [-0.3, -0.25) is 4.79 Å². The van der Waals surface area contributed by atoms with Crippen molar-refractivity contribution < 1.29 is 32.0 Å². The molecule has 0 saturated carbocycles. The largest absolute Gasteiger partial charge is 0.508 e. The van der Waals surface area contributed by atoms with Crippen molar-refractivity contribution in [3.8, 4) is 34.0 Å². The second kappa shape index (κ2) is 8.64. The predicted molar refractivity (Wildman–Crippen MR) is 119 cm³/mol. The van der Waals surface area contributed by atoms with Crippen LogP contribution in [-0.2, 0) is 12.8 Å². The number of hydrogen-bond acceptors (Lipinski definition) is 7. The zero-order chi connectivity index (χ0) is 24.6. The number of benzene rings is 3. The molecule has 35 heavy (non-hydrogen) atoms. The lowest BCUT2D eigenvalue weighted by Crippen LogP contribution is -2.05. The summed E-state index contributed by atoms with van der Waals surface area (Å²) < 4.78 is 55.1. The van der Waals surface area contributed by atoms with E-state index in [-0.39, 0.29) is 35.1 Å². The fourth-order valence-electron chi connectivity index (χ4n) is 3.45. The zero-order valence-corrected chi connectivity index (χ0v) is 17.7. The molecular formula is C25H15F3N2O5. The number of nitrogens with zero attached hydrogens (tertiary/aromatic N) is 2. The molecule has 0 atom stereocenters. The molecule has 1 N–H and O–H groups in total. The molecule has 0 aliphatic carbocycles. The van der Waals surface area contributed by atoms with E-state index >= 15 is 0 Å². The average Bonchev–Trinajstić information content (AvgIpc) is 3.32. The number of alkyl halides is 3. The number of phenolic OH excluding ortho intramolecular Hbond substituents is 1. The van der Waals surface area contributed by atoms with E-state index in [1.165, 1.54) is 36.6 Å². The van der Waals surface area contributed by atoms with Crippen LogP contribution >= 0.6 is 0 Å². The van der Waals surface area contributed by atoms with Crippen LogP contribution in [0.1, 0.15) is 11.5 Å². The van der Waals surface area contributed by atoms with E-state index in [0.717, 1.165) is 12.1 Å². The lowest BCUT2D eigenvalue weighted by atomic mass is 10.1. The number of fused-ring (bicyclic) bond motifs is 1. The van der Waals surface area contributed by atoms with E-state index in [4.69, 9.17) is 13.7 Å². The number of ether oxygens (including phenoxy) is 1. The molecule has 2 aromatic heterocycles. The molecule has 2 heterocycles. The Morgan fingerprint density at radius 3 is 2.54 bits per heavy atom. The van der Waals surface area contributed by atoms with Gasteiger partial charge in [0.1, 0.15) is 23.3 Å². The molecule has 5 rings (SSSR count). The van der Waals surface area contributed by atoms with Crippen LogP contribution in [0.3, 0.4) is 0 Å². The van der Waals surface area contributed by atoms with Crippen molar-refractivity contribution in [1.82, 2.24) is 10.1 Å². The van der Waals surface area contributed by atoms with Crippen LogP contribution in [0.4, 0.5) is 13.2 Å². The monoisotopic (exact) mass is 480 g/mol. The minimum atomic E-state index is -4.48. The number of rotatable bonds is 5. The molecule has 0 bridgehead atoms. The SMILES string of the molecule is O=c1c(-c2ccc(O)cc2)coc2cc(OCc3nc(-c4cccc(C(F)(F)F)c4)no3)ccc12. The van der Waals surface area contributed by atoms with Crippen molar-refractivity contribution in [3.05, 3.63) is 94.7 Å². The Labute approximate surface area is 195 Å². The summed E-state index contributed by atoms with van der Waals surface area (Å²) in [7, 11) is 0. The lowest BCUT2D eigenvalue weighted by Gasteiger charge is -2.06. The molecular weight excluding hydrogens is 465 g/mol. The summed E-state index contributed by atoms with van der Waals surface area (Å²) in [5, 5.41) is 13.5. The van der Waals surface area contributed by atoms with E-state index in [2.05, 4.69) is 10.1 Å². The van der Waals surface area contributed by atoms with E-state index < -0.39 is 11.7 Å². The number of hydrogen-bond donors (Lipinski definition) is 1. The molecule has 3 aromatic carbocycles. The summed E-state index contributed by atoms with van der Waals surface area (Å²) in [5.41, 5.74) is 0.345. The summed E-state index contributed by atoms with van der Waals surface area (Å²) in [5.74, 6) is 0.503. The third-order valence-electron chi connectivity index (χ3n) is 5.20. The smallest absolute Gasteiger partial charge is 0.416 e. The predicted octanol–water partition coefficient (Wildman–Crippen LogP) is 5.81. The second-order valence-corrected chi connectivity index (χ2v) is 7.56. The van der Waals surface area contributed by atoms with Gasteiger partial charge in [-0.2, -0.15) is 18.2 Å². The maximum atomic E-state index is 12.9. The van der Waals surface area contributed by atoms with Crippen LogP contribution < -0.4 is 10.2 Å². The Bertz CT molecular complexity index is 1570. The van der Waals surface area contributed by atoms with E-state index in [0.29, 0.717) is 27.8 Å². The van der Waals surface area contributed by atoms with Crippen LogP contribution in [0, 0.1) is 0 Å². The molecule has 176 valence electrons. The Morgan fingerprint density at radius 1 is 0.971 bits per heavy atom. The van der Waals surface area contributed by atoms with Crippen LogP contribution in [0.5, 0.6) is 11.5 Å². The Morgan fingerprint density at radius 2 is 1.77 bits per heavy atom. The van der Waals surface area contributed by atoms with Crippen molar-refractivity contribution >= 4 is 11.0 Å². The van der Waals surface area contributed by atoms with Crippen molar-refractivity contribution in [3.63, 3.8) is 0 Å². The third-order valence-corrected chi connectivity index (χ3v) is 5.20. The molecule has 10 heteroatoms. The van der Waals surface area contributed by atoms with Crippen molar-refractivity contribution in [2.24, 2.45) is 0 Å². The van der Waals surface area contributed by atoms with Crippen molar-refractivity contribution in [2.75, 3.05) is 0 Å². The summed E-state index contributed by atoms with van der Waals surface area (Å²) in [6.45, 7) is -0.146. The molecule has 5 aromatic rings. The highest BCUT2D eigenvalue weighted by molar-refractivity contribution is 5.82. The molecule has 0 aliphatic heterocycles. The number of phenols is 1. The van der Waals surface area contributed by atoms with Gasteiger partial charge in [-0.15, -0.1) is 0 Å². The minimum absolute atomic E-state index is 0.000897. The number of aromatic hydroxyl groups is 1. The molecule has 0 fully saturated rings. The summed E-state index contributed by atoms with van der Waals surface area (Å²) in [4.78, 5) is 16.9. The van der Waals surface area contributed by atoms with Gasteiger partial charge in [-0.05, 0) is 42.0 Å².